The van der Waals surface area contributed by atoms with Crippen LogP contribution in [0.5, 0.6) is 11.6 Å². The van der Waals surface area contributed by atoms with E-state index in [1.54, 1.807) is 19.2 Å². The maximum absolute atomic E-state index is 11.6. The number of fused-ring (bicyclic) bond motifs is 1. The second-order valence-electron chi connectivity index (χ2n) is 5.79. The Labute approximate surface area is 155 Å². The second kappa shape index (κ2) is 8.37. The van der Waals surface area contributed by atoms with Crippen molar-refractivity contribution in [3.05, 3.63) is 52.5 Å². The molecule has 0 bridgehead atoms. The number of nitrogens with zero attached hydrogens (tertiary/aromatic N) is 4. The summed E-state index contributed by atoms with van der Waals surface area (Å²) in [6.45, 7) is 2.88. The summed E-state index contributed by atoms with van der Waals surface area (Å²) in [4.78, 5) is 23.5. The number of benzene rings is 1. The third-order valence-electron chi connectivity index (χ3n) is 3.82. The van der Waals surface area contributed by atoms with Crippen LogP contribution in [0.4, 0.5) is 11.5 Å². The highest BCUT2D eigenvalue weighted by Gasteiger charge is 2.25. The highest BCUT2D eigenvalue weighted by atomic mass is 16.6. The van der Waals surface area contributed by atoms with Gasteiger partial charge in [-0.25, -0.2) is 9.97 Å². The molecule has 27 heavy (non-hydrogen) atoms. The molecule has 140 valence electrons. The van der Waals surface area contributed by atoms with E-state index >= 15 is 0 Å². The van der Waals surface area contributed by atoms with Crippen molar-refractivity contribution in [2.24, 2.45) is 0 Å². The molecule has 0 radical (unpaired) electrons. The Bertz CT molecular complexity index is 964. The summed E-state index contributed by atoms with van der Waals surface area (Å²) in [5.74, 6) is 0.355. The van der Waals surface area contributed by atoms with Gasteiger partial charge >= 0.3 is 11.6 Å². The van der Waals surface area contributed by atoms with Gasteiger partial charge in [-0.3, -0.25) is 10.1 Å². The van der Waals surface area contributed by atoms with E-state index in [0.29, 0.717) is 30.8 Å². The smallest absolute Gasteiger partial charge is 0.373 e. The molecule has 0 fully saturated rings. The molecule has 3 aromatic rings. The van der Waals surface area contributed by atoms with Crippen LogP contribution in [0.1, 0.15) is 12.1 Å². The molecule has 0 saturated carbocycles. The Hall–Kier alpha value is -3.33. The third-order valence-corrected chi connectivity index (χ3v) is 3.82. The first-order valence-corrected chi connectivity index (χ1v) is 8.36. The molecular formula is C18H19N5O4. The van der Waals surface area contributed by atoms with Crippen LogP contribution in [0.3, 0.4) is 0 Å². The normalized spacial score (nSPS) is 10.7. The first-order chi connectivity index (χ1) is 13.1. The minimum absolute atomic E-state index is 0.102. The number of nitro groups is 1. The Morgan fingerprint density at radius 2 is 2.07 bits per heavy atom. The standard InChI is InChI=1S/C18H19N5O4/c1-12-7-8-13-5-3-6-14(15(13)22-12)27-18-16(23(24)25)17(20-11-21-18)19-9-4-10-26-2/h3,5-8,11H,4,9-10H2,1-2H3,(H,19,20,21). The van der Waals surface area contributed by atoms with Crippen LogP contribution >= 0.6 is 0 Å². The number of hydrogen-bond acceptors (Lipinski definition) is 8. The summed E-state index contributed by atoms with van der Waals surface area (Å²) in [7, 11) is 1.60. The van der Waals surface area contributed by atoms with Crippen molar-refractivity contribution in [3.8, 4) is 11.6 Å². The summed E-state index contributed by atoms with van der Waals surface area (Å²) in [5.41, 5.74) is 1.11. The fourth-order valence-corrected chi connectivity index (χ4v) is 2.56. The van der Waals surface area contributed by atoms with Crippen LogP contribution in [0.25, 0.3) is 10.9 Å². The summed E-state index contributed by atoms with van der Waals surface area (Å²) in [6.07, 6.45) is 1.91. The fourth-order valence-electron chi connectivity index (χ4n) is 2.56. The molecular weight excluding hydrogens is 350 g/mol. The number of rotatable bonds is 8. The van der Waals surface area contributed by atoms with Crippen LogP contribution in [0, 0.1) is 17.0 Å². The first-order valence-electron chi connectivity index (χ1n) is 8.36. The average Bonchev–Trinajstić information content (AvgIpc) is 2.65. The predicted molar refractivity (Wildman–Crippen MR) is 100 cm³/mol. The van der Waals surface area contributed by atoms with Crippen LogP contribution in [-0.4, -0.2) is 40.1 Å². The highest BCUT2D eigenvalue weighted by Crippen LogP contribution is 2.36. The average molecular weight is 369 g/mol. The van der Waals surface area contributed by atoms with Gasteiger partial charge in [0, 0.05) is 31.3 Å². The Morgan fingerprint density at radius 1 is 1.22 bits per heavy atom. The fraction of sp³-hybridized carbons (Fsp3) is 0.278. The van der Waals surface area contributed by atoms with E-state index in [-0.39, 0.29) is 17.4 Å². The Morgan fingerprint density at radius 3 is 2.85 bits per heavy atom. The lowest BCUT2D eigenvalue weighted by Gasteiger charge is -2.10. The van der Waals surface area contributed by atoms with Gasteiger partial charge < -0.3 is 14.8 Å². The molecule has 3 rings (SSSR count). The van der Waals surface area contributed by atoms with Gasteiger partial charge in [0.15, 0.2) is 5.75 Å². The summed E-state index contributed by atoms with van der Waals surface area (Å²) in [6, 6.07) is 9.20. The van der Waals surface area contributed by atoms with E-state index in [9.17, 15) is 10.1 Å². The van der Waals surface area contributed by atoms with E-state index < -0.39 is 4.92 Å². The van der Waals surface area contributed by atoms with Crippen LogP contribution in [0.15, 0.2) is 36.7 Å². The third kappa shape index (κ3) is 4.26. The number of methoxy groups -OCH3 is 1. The molecule has 0 amide bonds. The second-order valence-corrected chi connectivity index (χ2v) is 5.79. The van der Waals surface area contributed by atoms with Crippen LogP contribution in [0.2, 0.25) is 0 Å². The zero-order chi connectivity index (χ0) is 19.2. The molecule has 0 aliphatic carbocycles. The maximum Gasteiger partial charge on any atom is 0.373 e. The number of aromatic nitrogens is 3. The van der Waals surface area contributed by atoms with Gasteiger partial charge in [0.2, 0.25) is 5.82 Å². The van der Waals surface area contributed by atoms with Crippen molar-refractivity contribution in [2.75, 3.05) is 25.6 Å². The van der Waals surface area contributed by atoms with Crippen LogP contribution < -0.4 is 10.1 Å². The number of hydrogen-bond donors (Lipinski definition) is 1. The molecule has 0 spiro atoms. The topological polar surface area (TPSA) is 112 Å². The van der Waals surface area contributed by atoms with E-state index in [1.165, 1.54) is 6.33 Å². The SMILES string of the molecule is COCCCNc1ncnc(Oc2cccc3ccc(C)nc23)c1[N+](=O)[O-]. The quantitative estimate of drug-likeness (QED) is 0.365. The minimum atomic E-state index is -0.558. The van der Waals surface area contributed by atoms with Crippen molar-refractivity contribution in [2.45, 2.75) is 13.3 Å². The summed E-state index contributed by atoms with van der Waals surface area (Å²) < 4.78 is 10.8. The zero-order valence-electron chi connectivity index (χ0n) is 15.0. The van der Waals surface area contributed by atoms with E-state index in [1.807, 2.05) is 25.1 Å². The molecule has 1 N–H and O–H groups in total. The number of para-hydroxylation sites is 1. The molecule has 0 atom stereocenters. The van der Waals surface area contributed by atoms with Crippen molar-refractivity contribution in [1.29, 1.82) is 0 Å². The lowest BCUT2D eigenvalue weighted by Crippen LogP contribution is -2.09. The van der Waals surface area contributed by atoms with Gasteiger partial charge in [0.05, 0.1) is 4.92 Å². The van der Waals surface area contributed by atoms with Gasteiger partial charge in [-0.2, -0.15) is 4.98 Å². The van der Waals surface area contributed by atoms with Crippen LogP contribution in [-0.2, 0) is 4.74 Å². The summed E-state index contributed by atoms with van der Waals surface area (Å²) >= 11 is 0. The number of nitrogens with one attached hydrogen (secondary N) is 1. The van der Waals surface area contributed by atoms with Gasteiger partial charge in [-0.15, -0.1) is 0 Å². The molecule has 9 heteroatoms. The largest absolute Gasteiger partial charge is 0.431 e. The van der Waals surface area contributed by atoms with E-state index in [4.69, 9.17) is 9.47 Å². The zero-order valence-corrected chi connectivity index (χ0v) is 15.0. The van der Waals surface area contributed by atoms with E-state index in [0.717, 1.165) is 11.1 Å². The van der Waals surface area contributed by atoms with Gasteiger partial charge in [-0.1, -0.05) is 18.2 Å². The van der Waals surface area contributed by atoms with E-state index in [2.05, 4.69) is 20.3 Å². The number of pyridine rings is 1. The number of anilines is 1. The molecule has 9 nitrogen and oxygen atoms in total. The van der Waals surface area contributed by atoms with Crippen molar-refractivity contribution in [1.82, 2.24) is 15.0 Å². The lowest BCUT2D eigenvalue weighted by atomic mass is 10.2. The van der Waals surface area contributed by atoms with Crippen molar-refractivity contribution in [3.63, 3.8) is 0 Å². The molecule has 0 aliphatic rings. The molecule has 2 heterocycles. The minimum Gasteiger partial charge on any atom is -0.431 e. The molecule has 1 aromatic carbocycles. The molecule has 2 aromatic heterocycles. The lowest BCUT2D eigenvalue weighted by molar-refractivity contribution is -0.385. The molecule has 0 unspecified atom stereocenters. The van der Waals surface area contributed by atoms with Gasteiger partial charge in [0.25, 0.3) is 0 Å². The Balaban J connectivity index is 1.95. The predicted octanol–water partition coefficient (Wildman–Crippen LogP) is 3.48. The molecule has 0 aliphatic heterocycles. The first kappa shape index (κ1) is 18.5. The van der Waals surface area contributed by atoms with Crippen molar-refractivity contribution >= 4 is 22.4 Å². The Kier molecular flexibility index (Phi) is 5.72. The molecule has 0 saturated heterocycles. The number of ether oxygens (including phenoxy) is 2. The van der Waals surface area contributed by atoms with Gasteiger partial charge in [-0.05, 0) is 25.5 Å². The summed E-state index contributed by atoms with van der Waals surface area (Å²) in [5, 5.41) is 15.4. The monoisotopic (exact) mass is 369 g/mol. The van der Waals surface area contributed by atoms with Gasteiger partial charge in [0.1, 0.15) is 11.8 Å². The van der Waals surface area contributed by atoms with Crippen molar-refractivity contribution < 1.29 is 14.4 Å². The maximum atomic E-state index is 11.6. The highest BCUT2D eigenvalue weighted by molar-refractivity contribution is 5.85. The number of aryl methyl sites for hydroxylation is 1.